The number of hydrogen-bond acceptors (Lipinski definition) is 5. The maximum Gasteiger partial charge on any atom is 0.230 e. The largest absolute Gasteiger partial charge is 0.394 e. The van der Waals surface area contributed by atoms with Gasteiger partial charge in [-0.3, -0.25) is 4.79 Å². The molecule has 0 radical (unpaired) electrons. The predicted molar refractivity (Wildman–Crippen MR) is 65.8 cm³/mol. The number of aromatic nitrogens is 3. The third kappa shape index (κ3) is 4.35. The fourth-order valence-corrected chi connectivity index (χ4v) is 2.04. The number of aliphatic hydroxyl groups is 1. The summed E-state index contributed by atoms with van der Waals surface area (Å²) in [6, 6.07) is 0.0537. The second-order valence-corrected chi connectivity index (χ2v) is 5.00. The molecule has 1 rings (SSSR count). The van der Waals surface area contributed by atoms with E-state index in [1.807, 2.05) is 18.4 Å². The van der Waals surface area contributed by atoms with Crippen molar-refractivity contribution in [2.24, 2.45) is 0 Å². The summed E-state index contributed by atoms with van der Waals surface area (Å²) in [5.74, 6) is 0.158. The Balaban J connectivity index is 2.45. The molecule has 96 valence electrons. The van der Waals surface area contributed by atoms with E-state index in [0.717, 1.165) is 5.16 Å². The van der Waals surface area contributed by atoms with Gasteiger partial charge in [0.1, 0.15) is 6.33 Å². The molecular formula is C10H18N4O2S. The lowest BCUT2D eigenvalue weighted by atomic mass is 10.4. The van der Waals surface area contributed by atoms with Crippen molar-refractivity contribution in [2.75, 3.05) is 12.4 Å². The maximum absolute atomic E-state index is 11.5. The number of amides is 1. The molecular weight excluding hydrogens is 240 g/mol. The summed E-state index contributed by atoms with van der Waals surface area (Å²) in [5.41, 5.74) is 0. The standard InChI is InChI=1S/C10H18N4O2S/c1-7(2)14-6-11-13-10(14)17-5-9(16)12-8(3)4-15/h6-8,15H,4-5H2,1-3H3,(H,12,16)/t8-/m0/s1. The lowest BCUT2D eigenvalue weighted by Crippen LogP contribution is -2.36. The van der Waals surface area contributed by atoms with Crippen LogP contribution in [-0.2, 0) is 4.79 Å². The Kier molecular flexibility index (Phi) is 5.43. The zero-order valence-corrected chi connectivity index (χ0v) is 11.1. The number of rotatable bonds is 6. The van der Waals surface area contributed by atoms with Gasteiger partial charge in [0.05, 0.1) is 12.4 Å². The summed E-state index contributed by atoms with van der Waals surface area (Å²) in [5, 5.41) is 20.0. The van der Waals surface area contributed by atoms with Crippen molar-refractivity contribution >= 4 is 17.7 Å². The predicted octanol–water partition coefficient (Wildman–Crippen LogP) is 0.448. The normalized spacial score (nSPS) is 12.8. The van der Waals surface area contributed by atoms with Gasteiger partial charge < -0.3 is 15.0 Å². The lowest BCUT2D eigenvalue weighted by molar-refractivity contribution is -0.119. The number of nitrogens with one attached hydrogen (secondary N) is 1. The molecule has 0 saturated carbocycles. The van der Waals surface area contributed by atoms with Gasteiger partial charge in [0.2, 0.25) is 5.91 Å². The summed E-state index contributed by atoms with van der Waals surface area (Å²) in [6.45, 7) is 5.75. The van der Waals surface area contributed by atoms with Crippen LogP contribution in [0.3, 0.4) is 0 Å². The van der Waals surface area contributed by atoms with Gasteiger partial charge in [0.25, 0.3) is 0 Å². The van der Waals surface area contributed by atoms with Gasteiger partial charge in [-0.15, -0.1) is 10.2 Å². The summed E-state index contributed by atoms with van der Waals surface area (Å²) >= 11 is 1.34. The van der Waals surface area contributed by atoms with Gasteiger partial charge in [0.15, 0.2) is 5.16 Å². The topological polar surface area (TPSA) is 80.0 Å². The highest BCUT2D eigenvalue weighted by Crippen LogP contribution is 2.18. The van der Waals surface area contributed by atoms with Crippen LogP contribution in [0.4, 0.5) is 0 Å². The molecule has 1 atom stereocenters. The fraction of sp³-hybridized carbons (Fsp3) is 0.700. The maximum atomic E-state index is 11.5. The minimum atomic E-state index is -0.217. The molecule has 0 aliphatic heterocycles. The highest BCUT2D eigenvalue weighted by molar-refractivity contribution is 7.99. The van der Waals surface area contributed by atoms with Crippen LogP contribution < -0.4 is 5.32 Å². The van der Waals surface area contributed by atoms with Gasteiger partial charge in [-0.1, -0.05) is 11.8 Å². The Morgan fingerprint density at radius 1 is 1.59 bits per heavy atom. The van der Waals surface area contributed by atoms with Crippen molar-refractivity contribution in [2.45, 2.75) is 38.0 Å². The van der Waals surface area contributed by atoms with Gasteiger partial charge in [-0.05, 0) is 20.8 Å². The highest BCUT2D eigenvalue weighted by atomic mass is 32.2. The molecule has 1 aromatic heterocycles. The van der Waals surface area contributed by atoms with Crippen molar-refractivity contribution in [3.05, 3.63) is 6.33 Å². The molecule has 0 aliphatic rings. The van der Waals surface area contributed by atoms with Crippen LogP contribution in [0.15, 0.2) is 11.5 Å². The number of hydrogen-bond donors (Lipinski definition) is 2. The second kappa shape index (κ2) is 6.61. The first-order chi connectivity index (χ1) is 8.04. The van der Waals surface area contributed by atoms with Crippen LogP contribution >= 0.6 is 11.8 Å². The summed E-state index contributed by atoms with van der Waals surface area (Å²) in [4.78, 5) is 11.5. The Hall–Kier alpha value is -1.08. The third-order valence-corrected chi connectivity index (χ3v) is 3.07. The van der Waals surface area contributed by atoms with E-state index in [2.05, 4.69) is 15.5 Å². The molecule has 0 aliphatic carbocycles. The third-order valence-electron chi connectivity index (χ3n) is 2.11. The average molecular weight is 258 g/mol. The van der Waals surface area contributed by atoms with E-state index in [-0.39, 0.29) is 30.4 Å². The first-order valence-electron chi connectivity index (χ1n) is 5.47. The number of aliphatic hydroxyl groups excluding tert-OH is 1. The van der Waals surface area contributed by atoms with Gasteiger partial charge in [-0.2, -0.15) is 0 Å². The average Bonchev–Trinajstić information content (AvgIpc) is 2.74. The van der Waals surface area contributed by atoms with E-state index in [1.165, 1.54) is 11.8 Å². The van der Waals surface area contributed by atoms with Crippen molar-refractivity contribution in [3.8, 4) is 0 Å². The van der Waals surface area contributed by atoms with Crippen LogP contribution in [0.25, 0.3) is 0 Å². The van der Waals surface area contributed by atoms with Crippen LogP contribution in [0.5, 0.6) is 0 Å². The summed E-state index contributed by atoms with van der Waals surface area (Å²) in [6.07, 6.45) is 1.65. The molecule has 1 heterocycles. The smallest absolute Gasteiger partial charge is 0.230 e. The van der Waals surface area contributed by atoms with E-state index >= 15 is 0 Å². The monoisotopic (exact) mass is 258 g/mol. The van der Waals surface area contributed by atoms with Crippen LogP contribution in [0.2, 0.25) is 0 Å². The Bertz CT molecular complexity index is 367. The minimum absolute atomic E-state index is 0.0570. The van der Waals surface area contributed by atoms with Crippen molar-refractivity contribution in [1.29, 1.82) is 0 Å². The molecule has 2 N–H and O–H groups in total. The van der Waals surface area contributed by atoms with E-state index in [9.17, 15) is 4.79 Å². The number of carbonyl (C=O) groups is 1. The molecule has 6 nitrogen and oxygen atoms in total. The van der Waals surface area contributed by atoms with Crippen molar-refractivity contribution in [3.63, 3.8) is 0 Å². The van der Waals surface area contributed by atoms with Gasteiger partial charge in [-0.25, -0.2) is 0 Å². The minimum Gasteiger partial charge on any atom is -0.394 e. The summed E-state index contributed by atoms with van der Waals surface area (Å²) in [7, 11) is 0. The molecule has 0 saturated heterocycles. The van der Waals surface area contributed by atoms with E-state index in [0.29, 0.717) is 0 Å². The highest BCUT2D eigenvalue weighted by Gasteiger charge is 2.11. The molecule has 0 fully saturated rings. The zero-order chi connectivity index (χ0) is 12.8. The Labute approximate surface area is 105 Å². The van der Waals surface area contributed by atoms with Crippen LogP contribution in [0, 0.1) is 0 Å². The van der Waals surface area contributed by atoms with Gasteiger partial charge in [0, 0.05) is 12.1 Å². The fourth-order valence-electron chi connectivity index (χ4n) is 1.18. The number of nitrogens with zero attached hydrogens (tertiary/aromatic N) is 3. The Morgan fingerprint density at radius 3 is 2.88 bits per heavy atom. The van der Waals surface area contributed by atoms with Crippen molar-refractivity contribution < 1.29 is 9.90 Å². The molecule has 0 spiro atoms. The van der Waals surface area contributed by atoms with Crippen LogP contribution in [0.1, 0.15) is 26.8 Å². The molecule has 0 aromatic carbocycles. The van der Waals surface area contributed by atoms with Gasteiger partial charge >= 0.3 is 0 Å². The zero-order valence-electron chi connectivity index (χ0n) is 10.3. The molecule has 1 aromatic rings. The summed E-state index contributed by atoms with van der Waals surface area (Å²) < 4.78 is 1.91. The second-order valence-electron chi connectivity index (χ2n) is 4.05. The van der Waals surface area contributed by atoms with E-state index in [1.54, 1.807) is 13.3 Å². The van der Waals surface area contributed by atoms with E-state index in [4.69, 9.17) is 5.11 Å². The first-order valence-corrected chi connectivity index (χ1v) is 6.45. The number of thioether (sulfide) groups is 1. The molecule has 7 heteroatoms. The molecule has 1 amide bonds. The molecule has 0 unspecified atom stereocenters. The molecule has 0 bridgehead atoms. The van der Waals surface area contributed by atoms with E-state index < -0.39 is 0 Å². The van der Waals surface area contributed by atoms with Crippen molar-refractivity contribution in [1.82, 2.24) is 20.1 Å². The quantitative estimate of drug-likeness (QED) is 0.724. The lowest BCUT2D eigenvalue weighted by Gasteiger charge is -2.11. The van der Waals surface area contributed by atoms with Crippen LogP contribution in [-0.4, -0.2) is 44.2 Å². The number of carbonyl (C=O) groups excluding carboxylic acids is 1. The first kappa shape index (κ1) is 14.0. The Morgan fingerprint density at radius 2 is 2.29 bits per heavy atom. The SMILES string of the molecule is CC(C)n1cnnc1SCC(=O)N[C@@H](C)CO. The molecule has 17 heavy (non-hydrogen) atoms.